The van der Waals surface area contributed by atoms with Crippen LogP contribution in [-0.2, 0) is 4.79 Å². The fourth-order valence-electron chi connectivity index (χ4n) is 4.29. The Kier molecular flexibility index (Phi) is 7.30. The van der Waals surface area contributed by atoms with Gasteiger partial charge in [-0.3, -0.25) is 9.59 Å². The van der Waals surface area contributed by atoms with E-state index in [4.69, 9.17) is 9.47 Å². The number of tetrazole rings is 1. The number of carbonyl (C=O) groups excluding carboxylic acids is 2. The van der Waals surface area contributed by atoms with Crippen LogP contribution in [0.25, 0.3) is 0 Å². The number of unbranched alkanes of at least 4 members (excludes halogenated alkanes) is 2. The number of aromatic amines is 1. The Balaban J connectivity index is 1.54. The van der Waals surface area contributed by atoms with Crippen molar-refractivity contribution in [2.24, 2.45) is 0 Å². The topological polar surface area (TPSA) is 122 Å². The third kappa shape index (κ3) is 4.57. The maximum atomic E-state index is 13.5. The molecular weight excluding hydrogens is 456 g/mol. The van der Waals surface area contributed by atoms with E-state index in [0.717, 1.165) is 25.7 Å². The van der Waals surface area contributed by atoms with Gasteiger partial charge >= 0.3 is 0 Å². The highest BCUT2D eigenvalue weighted by atomic mass is 32.2. The summed E-state index contributed by atoms with van der Waals surface area (Å²) < 4.78 is 11.5. The van der Waals surface area contributed by atoms with Gasteiger partial charge in [0, 0.05) is 4.75 Å². The van der Waals surface area contributed by atoms with Gasteiger partial charge in [0.1, 0.15) is 34.5 Å². The minimum Gasteiger partial charge on any atom is -0.493 e. The van der Waals surface area contributed by atoms with Crippen molar-refractivity contribution in [1.82, 2.24) is 30.8 Å². The van der Waals surface area contributed by atoms with Gasteiger partial charge in [-0.2, -0.15) is 5.21 Å². The van der Waals surface area contributed by atoms with E-state index in [0.29, 0.717) is 36.1 Å². The highest BCUT2D eigenvalue weighted by molar-refractivity contribution is 8.01. The van der Waals surface area contributed by atoms with E-state index in [1.54, 1.807) is 28.8 Å². The van der Waals surface area contributed by atoms with Crippen LogP contribution in [0.4, 0.5) is 0 Å². The Hall–Kier alpha value is -2.82. The molecular formula is C23H32N6O4S. The van der Waals surface area contributed by atoms with Crippen LogP contribution in [0.3, 0.4) is 0 Å². The predicted molar refractivity (Wildman–Crippen MR) is 128 cm³/mol. The monoisotopic (exact) mass is 488 g/mol. The smallest absolute Gasteiger partial charge is 0.259 e. The van der Waals surface area contributed by atoms with Crippen LogP contribution in [-0.4, -0.2) is 66.7 Å². The molecule has 10 nitrogen and oxygen atoms in total. The zero-order valence-electron chi connectivity index (χ0n) is 20.0. The second kappa shape index (κ2) is 10.2. The summed E-state index contributed by atoms with van der Waals surface area (Å²) in [6.45, 7) is 9.25. The Morgan fingerprint density at radius 3 is 2.38 bits per heavy atom. The molecule has 2 aliphatic heterocycles. The summed E-state index contributed by atoms with van der Waals surface area (Å²) in [5, 5.41) is 17.0. The standard InChI is InChI=1S/C23H32N6O4S/c1-5-7-12-32-14-10-9-11-15(33-13-8-6-2)16(14)20(30)24-17-21(31)29-18(19-25-27-28-26-19)23(3,4)34-22(17)29/h9-11,17-18,22H,5-8,12-13H2,1-4H3,(H,24,30)(H,25,26,27,28). The van der Waals surface area contributed by atoms with Crippen LogP contribution in [0.1, 0.15) is 75.6 Å². The second-order valence-corrected chi connectivity index (χ2v) is 10.8. The molecule has 0 radical (unpaired) electrons. The van der Waals surface area contributed by atoms with Crippen LogP contribution in [0.2, 0.25) is 0 Å². The molecule has 2 aliphatic rings. The van der Waals surface area contributed by atoms with E-state index < -0.39 is 6.04 Å². The van der Waals surface area contributed by atoms with Crippen LogP contribution in [0.5, 0.6) is 11.5 Å². The lowest BCUT2D eigenvalue weighted by molar-refractivity contribution is -0.148. The Morgan fingerprint density at radius 1 is 1.18 bits per heavy atom. The van der Waals surface area contributed by atoms with Gasteiger partial charge in [0.25, 0.3) is 5.91 Å². The molecule has 2 fully saturated rings. The Labute approximate surface area is 203 Å². The van der Waals surface area contributed by atoms with Gasteiger partial charge in [-0.25, -0.2) is 0 Å². The van der Waals surface area contributed by atoms with E-state index in [1.165, 1.54) is 0 Å². The molecule has 0 aliphatic carbocycles. The molecule has 4 rings (SSSR count). The fraction of sp³-hybridized carbons (Fsp3) is 0.609. The Morgan fingerprint density at radius 2 is 1.82 bits per heavy atom. The van der Waals surface area contributed by atoms with Crippen molar-refractivity contribution < 1.29 is 19.1 Å². The number of benzene rings is 1. The molecule has 1 aromatic carbocycles. The number of nitrogens with one attached hydrogen (secondary N) is 2. The second-order valence-electron chi connectivity index (χ2n) is 9.01. The van der Waals surface area contributed by atoms with E-state index >= 15 is 0 Å². The molecule has 2 N–H and O–H groups in total. The van der Waals surface area contributed by atoms with Gasteiger partial charge in [0.05, 0.1) is 13.2 Å². The molecule has 184 valence electrons. The van der Waals surface area contributed by atoms with Crippen molar-refractivity contribution in [2.75, 3.05) is 13.2 Å². The van der Waals surface area contributed by atoms with E-state index in [-0.39, 0.29) is 28.0 Å². The first-order valence-electron chi connectivity index (χ1n) is 11.8. The maximum absolute atomic E-state index is 13.5. The number of β-lactam (4-membered cyclic amide) rings is 1. The minimum atomic E-state index is -0.652. The number of hydrogen-bond acceptors (Lipinski definition) is 8. The fourth-order valence-corrected chi connectivity index (χ4v) is 5.92. The van der Waals surface area contributed by atoms with Crippen LogP contribution in [0, 0.1) is 0 Å². The van der Waals surface area contributed by atoms with E-state index in [9.17, 15) is 9.59 Å². The summed E-state index contributed by atoms with van der Waals surface area (Å²) in [7, 11) is 0. The van der Waals surface area contributed by atoms with Crippen LogP contribution in [0.15, 0.2) is 18.2 Å². The summed E-state index contributed by atoms with van der Waals surface area (Å²) in [6.07, 6.45) is 3.72. The van der Waals surface area contributed by atoms with Crippen molar-refractivity contribution in [1.29, 1.82) is 0 Å². The van der Waals surface area contributed by atoms with Gasteiger partial charge in [-0.1, -0.05) is 38.0 Å². The number of rotatable bonds is 11. The molecule has 2 saturated heterocycles. The van der Waals surface area contributed by atoms with Gasteiger partial charge in [0.2, 0.25) is 5.91 Å². The number of carbonyl (C=O) groups is 2. The average Bonchev–Trinajstić information content (AvgIpc) is 3.42. The lowest BCUT2D eigenvalue weighted by atomic mass is 9.95. The zero-order valence-corrected chi connectivity index (χ0v) is 20.9. The summed E-state index contributed by atoms with van der Waals surface area (Å²) in [5.41, 5.74) is 0.331. The first-order valence-corrected chi connectivity index (χ1v) is 12.7. The molecule has 0 bridgehead atoms. The summed E-state index contributed by atoms with van der Waals surface area (Å²) >= 11 is 1.62. The quantitative estimate of drug-likeness (QED) is 0.365. The van der Waals surface area contributed by atoms with Crippen molar-refractivity contribution in [3.8, 4) is 11.5 Å². The zero-order chi connectivity index (χ0) is 24.3. The molecule has 1 aromatic heterocycles. The number of hydrogen-bond donors (Lipinski definition) is 2. The van der Waals surface area contributed by atoms with E-state index in [1.807, 2.05) is 19.9 Å². The van der Waals surface area contributed by atoms with Crippen molar-refractivity contribution in [3.05, 3.63) is 29.6 Å². The first-order chi connectivity index (χ1) is 16.4. The minimum absolute atomic E-state index is 0.163. The van der Waals surface area contributed by atoms with Gasteiger partial charge < -0.3 is 19.7 Å². The number of ether oxygens (including phenoxy) is 2. The van der Waals surface area contributed by atoms with Gasteiger partial charge in [-0.15, -0.1) is 22.0 Å². The average molecular weight is 489 g/mol. The maximum Gasteiger partial charge on any atom is 0.259 e. The number of thioether (sulfide) groups is 1. The number of aromatic nitrogens is 4. The van der Waals surface area contributed by atoms with Gasteiger partial charge in [0.15, 0.2) is 5.82 Å². The molecule has 3 heterocycles. The number of nitrogens with zero attached hydrogens (tertiary/aromatic N) is 4. The lowest BCUT2D eigenvalue weighted by Crippen LogP contribution is -2.67. The van der Waals surface area contributed by atoms with Crippen LogP contribution < -0.4 is 14.8 Å². The lowest BCUT2D eigenvalue weighted by Gasteiger charge is -2.44. The molecule has 3 unspecified atom stereocenters. The van der Waals surface area contributed by atoms with Crippen molar-refractivity contribution in [3.63, 3.8) is 0 Å². The summed E-state index contributed by atoms with van der Waals surface area (Å²) in [4.78, 5) is 28.4. The summed E-state index contributed by atoms with van der Waals surface area (Å²) in [5.74, 6) is 0.863. The third-order valence-electron chi connectivity index (χ3n) is 6.06. The normalized spacial score (nSPS) is 22.8. The third-order valence-corrected chi connectivity index (χ3v) is 7.63. The summed E-state index contributed by atoms with van der Waals surface area (Å²) in [6, 6.07) is 4.39. The largest absolute Gasteiger partial charge is 0.493 e. The first kappa shape index (κ1) is 24.3. The van der Waals surface area contributed by atoms with E-state index in [2.05, 4.69) is 39.8 Å². The molecule has 0 spiro atoms. The van der Waals surface area contributed by atoms with Gasteiger partial charge in [-0.05, 0) is 38.8 Å². The van der Waals surface area contributed by atoms with Crippen molar-refractivity contribution >= 4 is 23.6 Å². The Bertz CT molecular complexity index is 987. The molecule has 0 saturated carbocycles. The molecule has 11 heteroatoms. The highest BCUT2D eigenvalue weighted by Crippen LogP contribution is 2.56. The highest BCUT2D eigenvalue weighted by Gasteiger charge is 2.63. The molecule has 34 heavy (non-hydrogen) atoms. The molecule has 2 amide bonds. The van der Waals surface area contributed by atoms with Crippen molar-refractivity contribution in [2.45, 2.75) is 75.6 Å². The number of amides is 2. The van der Waals surface area contributed by atoms with Crippen LogP contribution >= 0.6 is 11.8 Å². The predicted octanol–water partition coefficient (Wildman–Crippen LogP) is 3.09. The SMILES string of the molecule is CCCCOc1cccc(OCCCC)c1C(=O)NC1C(=O)N2C1SC(C)(C)C2c1nn[nH]n1. The molecule has 3 atom stereocenters. The number of H-pyrrole nitrogens is 1. The number of fused-ring (bicyclic) bond motifs is 1. The molecule has 2 aromatic rings.